The molecule has 0 unspecified atom stereocenters. The fourth-order valence-electron chi connectivity index (χ4n) is 4.87. The summed E-state index contributed by atoms with van der Waals surface area (Å²) in [7, 11) is 0. The number of hydrogen-bond acceptors (Lipinski definition) is 3. The van der Waals surface area contributed by atoms with E-state index >= 15 is 0 Å². The fraction of sp³-hybridized carbons (Fsp3) is 0.273. The highest BCUT2D eigenvalue weighted by Gasteiger charge is 2.59. The van der Waals surface area contributed by atoms with Gasteiger partial charge in [0.1, 0.15) is 0 Å². The van der Waals surface area contributed by atoms with Crippen LogP contribution in [0.15, 0.2) is 66.2 Å². The first-order valence-corrected chi connectivity index (χ1v) is 8.84. The smallest absolute Gasteiger partial charge is 0.318 e. The van der Waals surface area contributed by atoms with E-state index in [9.17, 15) is 9.59 Å². The number of ether oxygens (including phenoxy) is 1. The normalized spacial score (nSPS) is 30.4. The molecule has 1 saturated carbocycles. The first kappa shape index (κ1) is 14.6. The van der Waals surface area contributed by atoms with Crippen molar-refractivity contribution in [2.75, 3.05) is 0 Å². The second kappa shape index (κ2) is 5.41. The van der Waals surface area contributed by atoms with Crippen LogP contribution in [0, 0.1) is 17.8 Å². The molecular formula is C22H18O3. The molecule has 0 radical (unpaired) electrons. The summed E-state index contributed by atoms with van der Waals surface area (Å²) in [6.07, 6.45) is 1.97. The van der Waals surface area contributed by atoms with Crippen molar-refractivity contribution >= 4 is 17.5 Å². The average Bonchev–Trinajstić information content (AvgIpc) is 2.90. The van der Waals surface area contributed by atoms with Gasteiger partial charge in [-0.3, -0.25) is 9.59 Å². The van der Waals surface area contributed by atoms with Gasteiger partial charge in [0.05, 0.1) is 11.8 Å². The van der Waals surface area contributed by atoms with E-state index in [2.05, 4.69) is 24.3 Å². The van der Waals surface area contributed by atoms with E-state index in [0.717, 1.165) is 24.0 Å². The largest absolute Gasteiger partial charge is 0.393 e. The summed E-state index contributed by atoms with van der Waals surface area (Å²) in [6, 6.07) is 20.4. The maximum absolute atomic E-state index is 12.6. The van der Waals surface area contributed by atoms with Gasteiger partial charge in [-0.1, -0.05) is 66.2 Å². The van der Waals surface area contributed by atoms with Crippen molar-refractivity contribution in [3.8, 4) is 0 Å². The maximum atomic E-state index is 12.6. The summed E-state index contributed by atoms with van der Waals surface area (Å²) in [6.45, 7) is 0. The predicted molar refractivity (Wildman–Crippen MR) is 93.3 cm³/mol. The monoisotopic (exact) mass is 330 g/mol. The van der Waals surface area contributed by atoms with Gasteiger partial charge in [-0.25, -0.2) is 0 Å². The summed E-state index contributed by atoms with van der Waals surface area (Å²) >= 11 is 0. The number of rotatable bonds is 2. The third kappa shape index (κ3) is 2.05. The predicted octanol–water partition coefficient (Wildman–Crippen LogP) is 3.96. The van der Waals surface area contributed by atoms with E-state index in [1.165, 1.54) is 11.1 Å². The van der Waals surface area contributed by atoms with E-state index in [0.29, 0.717) is 0 Å². The molecule has 3 aliphatic rings. The van der Waals surface area contributed by atoms with Crippen LogP contribution >= 0.6 is 0 Å². The molecule has 5 rings (SSSR count). The first-order valence-electron chi connectivity index (χ1n) is 8.84. The summed E-state index contributed by atoms with van der Waals surface area (Å²) in [5.41, 5.74) is 4.81. The molecule has 2 aromatic rings. The Morgan fingerprint density at radius 3 is 2.08 bits per heavy atom. The first-order chi connectivity index (χ1) is 12.3. The molecule has 124 valence electrons. The van der Waals surface area contributed by atoms with Crippen LogP contribution in [0.5, 0.6) is 0 Å². The number of carbonyl (C=O) groups excluding carboxylic acids is 2. The molecule has 2 fully saturated rings. The number of fused-ring (bicyclic) bond motifs is 3. The van der Waals surface area contributed by atoms with Crippen molar-refractivity contribution in [3.05, 3.63) is 77.4 Å². The Bertz CT molecular complexity index is 882. The van der Waals surface area contributed by atoms with E-state index in [1.54, 1.807) is 0 Å². The SMILES string of the molecule is O=C1OC(=O)[C@H]2[C@@H]1[C@@H](c1ccccc1)C(c1ccccc1)=C1CC[C@H]12. The Hall–Kier alpha value is -2.68. The molecule has 4 atom stereocenters. The molecule has 1 aliphatic heterocycles. The van der Waals surface area contributed by atoms with Crippen molar-refractivity contribution in [2.24, 2.45) is 17.8 Å². The lowest BCUT2D eigenvalue weighted by Gasteiger charge is -2.45. The standard InChI is InChI=1S/C22H18O3/c23-21-19-16-12-11-15(16)17(13-7-3-1-4-8-13)18(20(19)22(24)25-21)14-9-5-2-6-10-14/h1-10,16,18-20H,11-12H2/t16-,18+,19-,20+/m1/s1. The van der Waals surface area contributed by atoms with E-state index in [4.69, 9.17) is 4.74 Å². The van der Waals surface area contributed by atoms with Crippen LogP contribution < -0.4 is 0 Å². The van der Waals surface area contributed by atoms with Gasteiger partial charge in [0.25, 0.3) is 0 Å². The second-order valence-electron chi connectivity index (χ2n) is 7.13. The van der Waals surface area contributed by atoms with Crippen LogP contribution in [0.4, 0.5) is 0 Å². The number of carbonyl (C=O) groups is 2. The third-order valence-electron chi connectivity index (χ3n) is 6.00. The van der Waals surface area contributed by atoms with Gasteiger partial charge >= 0.3 is 11.9 Å². The average molecular weight is 330 g/mol. The quantitative estimate of drug-likeness (QED) is 0.618. The lowest BCUT2D eigenvalue weighted by molar-refractivity contribution is -0.154. The number of allylic oxidation sites excluding steroid dienone is 2. The highest BCUT2D eigenvalue weighted by molar-refractivity contribution is 6.01. The number of cyclic esters (lactones) is 2. The Kier molecular flexibility index (Phi) is 3.17. The zero-order valence-electron chi connectivity index (χ0n) is 13.7. The zero-order valence-corrected chi connectivity index (χ0v) is 13.7. The van der Waals surface area contributed by atoms with Crippen molar-refractivity contribution in [3.63, 3.8) is 0 Å². The second-order valence-corrected chi connectivity index (χ2v) is 7.13. The molecule has 2 aromatic carbocycles. The van der Waals surface area contributed by atoms with Crippen molar-refractivity contribution in [1.29, 1.82) is 0 Å². The van der Waals surface area contributed by atoms with Gasteiger partial charge in [0, 0.05) is 5.92 Å². The molecule has 25 heavy (non-hydrogen) atoms. The number of esters is 2. The minimum Gasteiger partial charge on any atom is -0.393 e. The summed E-state index contributed by atoms with van der Waals surface area (Å²) in [4.78, 5) is 25.0. The van der Waals surface area contributed by atoms with Crippen LogP contribution in [-0.2, 0) is 14.3 Å². The van der Waals surface area contributed by atoms with Crippen LogP contribution in [0.1, 0.15) is 29.9 Å². The molecule has 2 aliphatic carbocycles. The molecule has 3 heteroatoms. The lowest BCUT2D eigenvalue weighted by atomic mass is 9.55. The topological polar surface area (TPSA) is 43.4 Å². The molecule has 0 aromatic heterocycles. The van der Waals surface area contributed by atoms with Gasteiger partial charge in [0.15, 0.2) is 0 Å². The summed E-state index contributed by atoms with van der Waals surface area (Å²) in [5, 5.41) is 0. The lowest BCUT2D eigenvalue weighted by Crippen LogP contribution is -2.41. The van der Waals surface area contributed by atoms with Gasteiger partial charge in [-0.2, -0.15) is 0 Å². The minimum atomic E-state index is -0.404. The number of hydrogen-bond donors (Lipinski definition) is 0. The number of benzene rings is 2. The molecule has 1 heterocycles. The molecule has 1 saturated heterocycles. The molecule has 0 N–H and O–H groups in total. The van der Waals surface area contributed by atoms with Crippen molar-refractivity contribution in [1.82, 2.24) is 0 Å². The van der Waals surface area contributed by atoms with E-state index < -0.39 is 5.92 Å². The summed E-state index contributed by atoms with van der Waals surface area (Å²) < 4.78 is 5.09. The Morgan fingerprint density at radius 1 is 0.800 bits per heavy atom. The molecule has 0 amide bonds. The van der Waals surface area contributed by atoms with Crippen molar-refractivity contribution in [2.45, 2.75) is 18.8 Å². The third-order valence-corrected chi connectivity index (χ3v) is 6.00. The van der Waals surface area contributed by atoms with E-state index in [-0.39, 0.29) is 29.7 Å². The van der Waals surface area contributed by atoms with Crippen LogP contribution in [0.3, 0.4) is 0 Å². The molecule has 0 spiro atoms. The van der Waals surface area contributed by atoms with Gasteiger partial charge < -0.3 is 4.74 Å². The summed E-state index contributed by atoms with van der Waals surface area (Å²) in [5.74, 6) is -1.35. The fourth-order valence-corrected chi connectivity index (χ4v) is 4.87. The van der Waals surface area contributed by atoms with Gasteiger partial charge in [-0.15, -0.1) is 0 Å². The Labute approximate surface area is 146 Å². The van der Waals surface area contributed by atoms with Gasteiger partial charge in [0.2, 0.25) is 0 Å². The highest BCUT2D eigenvalue weighted by Crippen LogP contribution is 2.60. The van der Waals surface area contributed by atoms with Crippen molar-refractivity contribution < 1.29 is 14.3 Å². The van der Waals surface area contributed by atoms with E-state index in [1.807, 2.05) is 36.4 Å². The maximum Gasteiger partial charge on any atom is 0.318 e. The minimum absolute atomic E-state index is 0.112. The Morgan fingerprint density at radius 2 is 1.44 bits per heavy atom. The molecule has 3 nitrogen and oxygen atoms in total. The molecular weight excluding hydrogens is 312 g/mol. The van der Waals surface area contributed by atoms with Crippen LogP contribution in [-0.4, -0.2) is 11.9 Å². The zero-order chi connectivity index (χ0) is 17.0. The Balaban J connectivity index is 1.75. The van der Waals surface area contributed by atoms with Gasteiger partial charge in [-0.05, 0) is 35.5 Å². The molecule has 0 bridgehead atoms. The van der Waals surface area contributed by atoms with Crippen LogP contribution in [0.25, 0.3) is 5.57 Å². The highest BCUT2D eigenvalue weighted by atomic mass is 16.6. The van der Waals surface area contributed by atoms with Crippen LogP contribution in [0.2, 0.25) is 0 Å².